The van der Waals surface area contributed by atoms with Crippen LogP contribution in [0.4, 0.5) is 8.78 Å². The summed E-state index contributed by atoms with van der Waals surface area (Å²) in [5.41, 5.74) is 0.771. The van der Waals surface area contributed by atoms with E-state index in [0.717, 1.165) is 5.69 Å². The van der Waals surface area contributed by atoms with Gasteiger partial charge in [0.15, 0.2) is 5.76 Å². The Hall–Kier alpha value is -1.27. The number of hydrogen-bond donors (Lipinski definition) is 1. The number of nitrogens with zero attached hydrogens (tertiary/aromatic N) is 1. The highest BCUT2D eigenvalue weighted by Gasteiger charge is 2.12. The van der Waals surface area contributed by atoms with E-state index < -0.39 is 11.6 Å². The van der Waals surface area contributed by atoms with Crippen LogP contribution in [0.3, 0.4) is 0 Å². The topological polar surface area (TPSA) is 38.1 Å². The monoisotopic (exact) mass is 316 g/mol. The third-order valence-corrected chi connectivity index (χ3v) is 3.03. The van der Waals surface area contributed by atoms with Gasteiger partial charge in [0.1, 0.15) is 11.6 Å². The van der Waals surface area contributed by atoms with E-state index in [2.05, 4.69) is 26.4 Å². The minimum Gasteiger partial charge on any atom is -0.360 e. The molecule has 1 heterocycles. The van der Waals surface area contributed by atoms with Crippen LogP contribution in [-0.4, -0.2) is 5.16 Å². The Morgan fingerprint density at radius 2 is 2.11 bits per heavy atom. The van der Waals surface area contributed by atoms with Gasteiger partial charge < -0.3 is 9.84 Å². The fourth-order valence-corrected chi connectivity index (χ4v) is 1.91. The standard InChI is InChI=1S/C12H11BrF2N2O/c1-7-4-8(18-17-7)5-16-6-9-11(14)3-2-10(13)12(9)15/h2-4,16H,5-6H2,1H3. The molecule has 0 radical (unpaired) electrons. The van der Waals surface area contributed by atoms with Gasteiger partial charge in [0, 0.05) is 18.2 Å². The van der Waals surface area contributed by atoms with Crippen LogP contribution in [0.5, 0.6) is 0 Å². The van der Waals surface area contributed by atoms with Gasteiger partial charge in [-0.2, -0.15) is 0 Å². The molecule has 1 aromatic carbocycles. The van der Waals surface area contributed by atoms with Crippen LogP contribution in [0.2, 0.25) is 0 Å². The predicted octanol–water partition coefficient (Wildman–Crippen LogP) is 3.31. The molecular weight excluding hydrogens is 306 g/mol. The Morgan fingerprint density at radius 3 is 2.78 bits per heavy atom. The third-order valence-electron chi connectivity index (χ3n) is 2.42. The van der Waals surface area contributed by atoms with Crippen molar-refractivity contribution in [1.29, 1.82) is 0 Å². The molecule has 0 spiro atoms. The minimum atomic E-state index is -0.587. The molecule has 3 nitrogen and oxygen atoms in total. The molecule has 0 fully saturated rings. The van der Waals surface area contributed by atoms with Crippen LogP contribution in [0, 0.1) is 18.6 Å². The van der Waals surface area contributed by atoms with Crippen LogP contribution in [0.15, 0.2) is 27.2 Å². The number of aryl methyl sites for hydroxylation is 1. The zero-order valence-electron chi connectivity index (χ0n) is 9.64. The van der Waals surface area contributed by atoms with Crippen molar-refractivity contribution in [2.45, 2.75) is 20.0 Å². The maximum absolute atomic E-state index is 13.6. The number of halogens is 3. The van der Waals surface area contributed by atoms with Crippen LogP contribution in [0.25, 0.3) is 0 Å². The molecule has 6 heteroatoms. The van der Waals surface area contributed by atoms with Crippen molar-refractivity contribution in [3.05, 3.63) is 51.3 Å². The van der Waals surface area contributed by atoms with Crippen LogP contribution < -0.4 is 5.32 Å². The fraction of sp³-hybridized carbons (Fsp3) is 0.250. The predicted molar refractivity (Wildman–Crippen MR) is 65.8 cm³/mol. The first-order valence-corrected chi connectivity index (χ1v) is 6.12. The number of rotatable bonds is 4. The Morgan fingerprint density at radius 1 is 1.33 bits per heavy atom. The fourth-order valence-electron chi connectivity index (χ4n) is 1.54. The molecule has 0 aliphatic heterocycles. The molecule has 0 saturated heterocycles. The first-order valence-electron chi connectivity index (χ1n) is 5.33. The minimum absolute atomic E-state index is 0.000567. The molecular formula is C12H11BrF2N2O. The molecule has 0 amide bonds. The number of aromatic nitrogens is 1. The normalized spacial score (nSPS) is 10.9. The second-order valence-electron chi connectivity index (χ2n) is 3.86. The van der Waals surface area contributed by atoms with Gasteiger partial charge in [0.25, 0.3) is 0 Å². The molecule has 0 aliphatic carbocycles. The average Bonchev–Trinajstić information content (AvgIpc) is 2.74. The van der Waals surface area contributed by atoms with Gasteiger partial charge >= 0.3 is 0 Å². The van der Waals surface area contributed by atoms with Gasteiger partial charge in [-0.15, -0.1) is 0 Å². The van der Waals surface area contributed by atoms with Gasteiger partial charge in [-0.3, -0.25) is 0 Å². The summed E-state index contributed by atoms with van der Waals surface area (Å²) >= 11 is 3.02. The molecule has 2 rings (SSSR count). The molecule has 18 heavy (non-hydrogen) atoms. The van der Waals surface area contributed by atoms with E-state index in [1.165, 1.54) is 12.1 Å². The van der Waals surface area contributed by atoms with E-state index in [4.69, 9.17) is 4.52 Å². The first kappa shape index (κ1) is 13.2. The van der Waals surface area contributed by atoms with Gasteiger partial charge in [-0.1, -0.05) is 5.16 Å². The van der Waals surface area contributed by atoms with Gasteiger partial charge in [0.2, 0.25) is 0 Å². The second kappa shape index (κ2) is 5.58. The molecule has 0 aliphatic rings. The largest absolute Gasteiger partial charge is 0.360 e. The van der Waals surface area contributed by atoms with Crippen molar-refractivity contribution < 1.29 is 13.3 Å². The Labute approximate surface area is 111 Å². The van der Waals surface area contributed by atoms with Crippen LogP contribution >= 0.6 is 15.9 Å². The Bertz CT molecular complexity index is 557. The highest BCUT2D eigenvalue weighted by atomic mass is 79.9. The lowest BCUT2D eigenvalue weighted by molar-refractivity contribution is 0.368. The molecule has 0 atom stereocenters. The highest BCUT2D eigenvalue weighted by Crippen LogP contribution is 2.21. The van der Waals surface area contributed by atoms with Crippen molar-refractivity contribution in [3.63, 3.8) is 0 Å². The van der Waals surface area contributed by atoms with E-state index in [1.807, 2.05) is 0 Å². The van der Waals surface area contributed by atoms with Crippen molar-refractivity contribution in [2.75, 3.05) is 0 Å². The SMILES string of the molecule is Cc1cc(CNCc2c(F)ccc(Br)c2F)on1. The van der Waals surface area contributed by atoms with Crippen molar-refractivity contribution in [1.82, 2.24) is 10.5 Å². The molecule has 0 bridgehead atoms. The molecule has 1 aromatic heterocycles. The molecule has 96 valence electrons. The van der Waals surface area contributed by atoms with Gasteiger partial charge in [-0.05, 0) is 35.0 Å². The summed E-state index contributed by atoms with van der Waals surface area (Å²) < 4.78 is 32.3. The van der Waals surface area contributed by atoms with Crippen molar-refractivity contribution >= 4 is 15.9 Å². The summed E-state index contributed by atoms with van der Waals surface area (Å²) in [4.78, 5) is 0. The van der Waals surface area contributed by atoms with E-state index in [1.54, 1.807) is 13.0 Å². The number of hydrogen-bond acceptors (Lipinski definition) is 3. The smallest absolute Gasteiger partial charge is 0.150 e. The van der Waals surface area contributed by atoms with E-state index in [-0.39, 0.29) is 16.6 Å². The van der Waals surface area contributed by atoms with Crippen molar-refractivity contribution in [2.24, 2.45) is 0 Å². The third kappa shape index (κ3) is 2.94. The number of benzene rings is 1. The molecule has 0 saturated carbocycles. The van der Waals surface area contributed by atoms with Crippen LogP contribution in [0.1, 0.15) is 17.0 Å². The number of nitrogens with one attached hydrogen (secondary N) is 1. The van der Waals surface area contributed by atoms with Gasteiger partial charge in [-0.25, -0.2) is 8.78 Å². The summed E-state index contributed by atoms with van der Waals surface area (Å²) in [6.07, 6.45) is 0. The van der Waals surface area contributed by atoms with Crippen molar-refractivity contribution in [3.8, 4) is 0 Å². The van der Waals surface area contributed by atoms with E-state index in [0.29, 0.717) is 12.3 Å². The Kier molecular flexibility index (Phi) is 4.08. The lowest BCUT2D eigenvalue weighted by Gasteiger charge is -2.07. The van der Waals surface area contributed by atoms with Crippen LogP contribution in [-0.2, 0) is 13.1 Å². The lowest BCUT2D eigenvalue weighted by atomic mass is 10.2. The highest BCUT2D eigenvalue weighted by molar-refractivity contribution is 9.10. The zero-order valence-corrected chi connectivity index (χ0v) is 11.2. The lowest BCUT2D eigenvalue weighted by Crippen LogP contribution is -2.15. The quantitative estimate of drug-likeness (QED) is 0.879. The summed E-state index contributed by atoms with van der Waals surface area (Å²) in [5, 5.41) is 6.63. The Balaban J connectivity index is 2.00. The maximum atomic E-state index is 13.6. The molecule has 1 N–H and O–H groups in total. The zero-order chi connectivity index (χ0) is 13.1. The average molecular weight is 317 g/mol. The van der Waals surface area contributed by atoms with Gasteiger partial charge in [0.05, 0.1) is 16.7 Å². The summed E-state index contributed by atoms with van der Waals surface area (Å²) in [7, 11) is 0. The molecule has 2 aromatic rings. The summed E-state index contributed by atoms with van der Waals surface area (Å²) in [5.74, 6) is -0.531. The maximum Gasteiger partial charge on any atom is 0.150 e. The van der Waals surface area contributed by atoms with E-state index in [9.17, 15) is 8.78 Å². The second-order valence-corrected chi connectivity index (χ2v) is 4.71. The summed E-state index contributed by atoms with van der Waals surface area (Å²) in [6.45, 7) is 2.25. The first-order chi connectivity index (χ1) is 8.58. The summed E-state index contributed by atoms with van der Waals surface area (Å²) in [6, 6.07) is 4.33. The van der Waals surface area contributed by atoms with E-state index >= 15 is 0 Å². The molecule has 0 unspecified atom stereocenters.